The second kappa shape index (κ2) is 9.22. The molecule has 1 aromatic rings. The van der Waals surface area contributed by atoms with Crippen molar-refractivity contribution in [3.05, 3.63) is 35.9 Å². The van der Waals surface area contributed by atoms with Gasteiger partial charge in [-0.15, -0.1) is 0 Å². The number of hydrogen-bond acceptors (Lipinski definition) is 2. The molecule has 2 heteroatoms. The molecule has 0 radical (unpaired) electrons. The zero-order valence-electron chi connectivity index (χ0n) is 13.9. The van der Waals surface area contributed by atoms with E-state index in [2.05, 4.69) is 54.4 Å². The minimum absolute atomic E-state index is 0.685. The Morgan fingerprint density at radius 2 is 2.05 bits per heavy atom. The summed E-state index contributed by atoms with van der Waals surface area (Å²) in [7, 11) is 0. The van der Waals surface area contributed by atoms with E-state index in [1.54, 1.807) is 0 Å². The van der Waals surface area contributed by atoms with E-state index in [-0.39, 0.29) is 0 Å². The zero-order chi connectivity index (χ0) is 14.9. The number of nitrogens with one attached hydrogen (secondary N) is 1. The maximum Gasteiger partial charge on any atom is 0.0234 e. The highest BCUT2D eigenvalue weighted by atomic mass is 15.2. The van der Waals surface area contributed by atoms with Gasteiger partial charge in [-0.05, 0) is 37.8 Å². The molecule has 1 heterocycles. The first-order valence-electron chi connectivity index (χ1n) is 8.84. The van der Waals surface area contributed by atoms with Gasteiger partial charge in [-0.3, -0.25) is 4.90 Å². The topological polar surface area (TPSA) is 15.3 Å². The van der Waals surface area contributed by atoms with E-state index < -0.39 is 0 Å². The van der Waals surface area contributed by atoms with Crippen molar-refractivity contribution in [2.45, 2.75) is 71.0 Å². The quantitative estimate of drug-likeness (QED) is 0.771. The molecule has 0 aromatic heterocycles. The molecule has 2 nitrogen and oxygen atoms in total. The van der Waals surface area contributed by atoms with Crippen LogP contribution in [-0.2, 0) is 6.54 Å². The van der Waals surface area contributed by atoms with Gasteiger partial charge in [0.15, 0.2) is 0 Å². The van der Waals surface area contributed by atoms with Crippen molar-refractivity contribution >= 4 is 0 Å². The molecule has 1 aromatic carbocycles. The number of piperidine rings is 1. The van der Waals surface area contributed by atoms with Crippen molar-refractivity contribution in [3.63, 3.8) is 0 Å². The molecular weight excluding hydrogens is 256 g/mol. The predicted molar refractivity (Wildman–Crippen MR) is 91.5 cm³/mol. The Hall–Kier alpha value is -0.860. The van der Waals surface area contributed by atoms with E-state index in [0.29, 0.717) is 12.1 Å². The van der Waals surface area contributed by atoms with Gasteiger partial charge in [0.2, 0.25) is 0 Å². The lowest BCUT2D eigenvalue weighted by molar-refractivity contribution is 0.173. The van der Waals surface area contributed by atoms with Crippen LogP contribution in [-0.4, -0.2) is 30.1 Å². The van der Waals surface area contributed by atoms with Crippen LogP contribution in [0.1, 0.15) is 57.9 Å². The highest BCUT2D eigenvalue weighted by molar-refractivity contribution is 5.14. The normalized spacial score (nSPS) is 21.3. The Balaban J connectivity index is 1.80. The van der Waals surface area contributed by atoms with Crippen LogP contribution in [0.25, 0.3) is 0 Å². The number of rotatable bonds is 8. The number of likely N-dealkylation sites (tertiary alicyclic amines) is 1. The third-order valence-electron chi connectivity index (χ3n) is 4.62. The van der Waals surface area contributed by atoms with Crippen molar-refractivity contribution in [2.75, 3.05) is 13.1 Å². The lowest BCUT2D eigenvalue weighted by Crippen LogP contribution is -2.48. The largest absolute Gasteiger partial charge is 0.310 e. The summed E-state index contributed by atoms with van der Waals surface area (Å²) in [6.45, 7) is 8.16. The van der Waals surface area contributed by atoms with E-state index in [9.17, 15) is 0 Å². The SMILES string of the molecule is CCCCC(CC)NC1CCCN(Cc2ccccc2)C1. The van der Waals surface area contributed by atoms with Gasteiger partial charge in [0, 0.05) is 25.2 Å². The second-order valence-corrected chi connectivity index (χ2v) is 6.47. The molecule has 1 aliphatic rings. The van der Waals surface area contributed by atoms with Crippen LogP contribution < -0.4 is 5.32 Å². The van der Waals surface area contributed by atoms with Crippen LogP contribution in [0.3, 0.4) is 0 Å². The molecule has 0 amide bonds. The molecule has 1 aliphatic heterocycles. The van der Waals surface area contributed by atoms with Crippen LogP contribution in [0, 0.1) is 0 Å². The first-order chi connectivity index (χ1) is 10.3. The smallest absolute Gasteiger partial charge is 0.0234 e. The minimum Gasteiger partial charge on any atom is -0.310 e. The number of nitrogens with zero attached hydrogens (tertiary/aromatic N) is 1. The first kappa shape index (κ1) is 16.5. The van der Waals surface area contributed by atoms with Crippen LogP contribution >= 0.6 is 0 Å². The van der Waals surface area contributed by atoms with E-state index in [1.165, 1.54) is 57.2 Å². The van der Waals surface area contributed by atoms with Crippen LogP contribution in [0.4, 0.5) is 0 Å². The molecule has 1 N–H and O–H groups in total. The van der Waals surface area contributed by atoms with Crippen LogP contribution in [0.2, 0.25) is 0 Å². The number of benzene rings is 1. The van der Waals surface area contributed by atoms with E-state index in [1.807, 2.05) is 0 Å². The molecule has 2 unspecified atom stereocenters. The van der Waals surface area contributed by atoms with Crippen molar-refractivity contribution in [1.29, 1.82) is 0 Å². The van der Waals surface area contributed by atoms with Gasteiger partial charge in [0.1, 0.15) is 0 Å². The lowest BCUT2D eigenvalue weighted by atomic mass is 10.0. The Kier molecular flexibility index (Phi) is 7.25. The molecule has 2 rings (SSSR count). The number of unbranched alkanes of at least 4 members (excludes halogenated alkanes) is 1. The summed E-state index contributed by atoms with van der Waals surface area (Å²) in [5.41, 5.74) is 1.44. The van der Waals surface area contributed by atoms with Gasteiger partial charge >= 0.3 is 0 Å². The third kappa shape index (κ3) is 5.80. The van der Waals surface area contributed by atoms with Crippen molar-refractivity contribution in [3.8, 4) is 0 Å². The summed E-state index contributed by atoms with van der Waals surface area (Å²) >= 11 is 0. The summed E-state index contributed by atoms with van der Waals surface area (Å²) in [6, 6.07) is 12.3. The Morgan fingerprint density at radius 3 is 2.76 bits per heavy atom. The molecule has 0 aliphatic carbocycles. The Bertz CT molecular complexity index is 376. The molecule has 21 heavy (non-hydrogen) atoms. The van der Waals surface area contributed by atoms with E-state index in [4.69, 9.17) is 0 Å². The molecule has 1 fully saturated rings. The van der Waals surface area contributed by atoms with E-state index >= 15 is 0 Å². The van der Waals surface area contributed by atoms with Gasteiger partial charge in [-0.25, -0.2) is 0 Å². The average Bonchev–Trinajstić information content (AvgIpc) is 2.53. The van der Waals surface area contributed by atoms with Crippen molar-refractivity contribution < 1.29 is 0 Å². The summed E-state index contributed by atoms with van der Waals surface area (Å²) in [5.74, 6) is 0. The van der Waals surface area contributed by atoms with E-state index in [0.717, 1.165) is 6.54 Å². The maximum absolute atomic E-state index is 3.91. The lowest BCUT2D eigenvalue weighted by Gasteiger charge is -2.35. The van der Waals surface area contributed by atoms with Crippen molar-refractivity contribution in [2.24, 2.45) is 0 Å². The molecule has 0 saturated carbocycles. The number of hydrogen-bond donors (Lipinski definition) is 1. The van der Waals surface area contributed by atoms with Gasteiger partial charge in [0.25, 0.3) is 0 Å². The molecule has 0 spiro atoms. The van der Waals surface area contributed by atoms with Crippen molar-refractivity contribution in [1.82, 2.24) is 10.2 Å². The third-order valence-corrected chi connectivity index (χ3v) is 4.62. The molecule has 0 bridgehead atoms. The van der Waals surface area contributed by atoms with Gasteiger partial charge < -0.3 is 5.32 Å². The average molecular weight is 288 g/mol. The molecule has 1 saturated heterocycles. The maximum atomic E-state index is 3.91. The summed E-state index contributed by atoms with van der Waals surface area (Å²) in [6.07, 6.45) is 7.93. The highest BCUT2D eigenvalue weighted by Gasteiger charge is 2.21. The van der Waals surface area contributed by atoms with Crippen LogP contribution in [0.15, 0.2) is 30.3 Å². The van der Waals surface area contributed by atoms with Gasteiger partial charge in [-0.1, -0.05) is 57.0 Å². The van der Waals surface area contributed by atoms with Gasteiger partial charge in [-0.2, -0.15) is 0 Å². The molecular formula is C19H32N2. The monoisotopic (exact) mass is 288 g/mol. The standard InChI is InChI=1S/C19H32N2/c1-3-5-12-18(4-2)20-19-13-9-14-21(16-19)15-17-10-7-6-8-11-17/h6-8,10-11,18-20H,3-5,9,12-16H2,1-2H3. The summed E-state index contributed by atoms with van der Waals surface area (Å²) in [4.78, 5) is 2.61. The fraction of sp³-hybridized carbons (Fsp3) is 0.684. The summed E-state index contributed by atoms with van der Waals surface area (Å²) < 4.78 is 0. The second-order valence-electron chi connectivity index (χ2n) is 6.47. The minimum atomic E-state index is 0.685. The van der Waals surface area contributed by atoms with Crippen LogP contribution in [0.5, 0.6) is 0 Å². The zero-order valence-corrected chi connectivity index (χ0v) is 13.9. The molecule has 2 atom stereocenters. The molecule has 118 valence electrons. The predicted octanol–water partition coefficient (Wildman–Crippen LogP) is 4.21. The van der Waals surface area contributed by atoms with Gasteiger partial charge in [0.05, 0.1) is 0 Å². The Labute approximate surface area is 130 Å². The first-order valence-corrected chi connectivity index (χ1v) is 8.84. The fourth-order valence-corrected chi connectivity index (χ4v) is 3.37. The Morgan fingerprint density at radius 1 is 1.24 bits per heavy atom. The highest BCUT2D eigenvalue weighted by Crippen LogP contribution is 2.15. The fourth-order valence-electron chi connectivity index (χ4n) is 3.37. The summed E-state index contributed by atoms with van der Waals surface area (Å²) in [5, 5.41) is 3.91.